The number of ether oxygens (including phenoxy) is 2. The Bertz CT molecular complexity index is 792. The van der Waals surface area contributed by atoms with E-state index in [1.54, 1.807) is 13.8 Å². The van der Waals surface area contributed by atoms with E-state index in [-0.39, 0.29) is 55.4 Å². The topological polar surface area (TPSA) is 171 Å². The number of nitrogen functional groups attached to an aromatic ring is 1. The molecule has 0 aliphatic rings. The lowest BCUT2D eigenvalue weighted by atomic mass is 10.1. The highest BCUT2D eigenvalue weighted by Crippen LogP contribution is 2.08. The van der Waals surface area contributed by atoms with Crippen LogP contribution < -0.4 is 17.0 Å². The Kier molecular flexibility index (Phi) is 7.96. The van der Waals surface area contributed by atoms with Gasteiger partial charge in [-0.05, 0) is 5.92 Å². The molecule has 0 bridgehead atoms. The fourth-order valence-corrected chi connectivity index (χ4v) is 1.95. The molecule has 2 aromatic rings. The van der Waals surface area contributed by atoms with Gasteiger partial charge in [-0.15, -0.1) is 12.4 Å². The fourth-order valence-electron chi connectivity index (χ4n) is 1.95. The van der Waals surface area contributed by atoms with Gasteiger partial charge in [-0.25, -0.2) is 4.98 Å². The van der Waals surface area contributed by atoms with E-state index in [4.69, 9.17) is 20.9 Å². The number of halogens is 1. The molecule has 26 heavy (non-hydrogen) atoms. The molecule has 0 radical (unpaired) electrons. The summed E-state index contributed by atoms with van der Waals surface area (Å²) in [5, 5.41) is 9.35. The maximum atomic E-state index is 11.7. The van der Waals surface area contributed by atoms with Crippen LogP contribution >= 0.6 is 12.4 Å². The summed E-state index contributed by atoms with van der Waals surface area (Å²) >= 11 is 0. The summed E-state index contributed by atoms with van der Waals surface area (Å²) in [5.74, 6) is -0.673. The molecule has 0 aliphatic heterocycles. The first-order valence-corrected chi connectivity index (χ1v) is 7.68. The quantitative estimate of drug-likeness (QED) is 0.412. The second-order valence-electron chi connectivity index (χ2n) is 5.84. The van der Waals surface area contributed by atoms with Crippen molar-refractivity contribution in [1.29, 1.82) is 0 Å². The standard InChI is InChI=1S/C14H22N6O5.ClH/c1-7(2)9(15)13(23)24-4-8(3-21)25-6-20-5-17-10-11(20)18-14(16)19-12(10)22;/h5,7-9,21H,3-4,6,15H2,1-2H3,(H3,16,18,19,22);1H/t8-,9?;/m0./s1. The average molecular weight is 391 g/mol. The Morgan fingerprint density at radius 3 is 2.77 bits per heavy atom. The Hall–Kier alpha value is -2.21. The first-order valence-electron chi connectivity index (χ1n) is 7.68. The third-order valence-electron chi connectivity index (χ3n) is 3.55. The van der Waals surface area contributed by atoms with Gasteiger partial charge in [-0.1, -0.05) is 13.8 Å². The number of fused-ring (bicyclic) bond motifs is 1. The lowest BCUT2D eigenvalue weighted by Crippen LogP contribution is -2.39. The number of aliphatic hydroxyl groups excluding tert-OH is 1. The number of hydrogen-bond acceptors (Lipinski definition) is 9. The molecule has 0 amide bonds. The van der Waals surface area contributed by atoms with E-state index in [2.05, 4.69) is 15.0 Å². The van der Waals surface area contributed by atoms with Gasteiger partial charge < -0.3 is 26.0 Å². The predicted molar refractivity (Wildman–Crippen MR) is 95.5 cm³/mol. The molecule has 2 atom stereocenters. The van der Waals surface area contributed by atoms with E-state index < -0.39 is 23.7 Å². The summed E-state index contributed by atoms with van der Waals surface area (Å²) in [4.78, 5) is 33.7. The lowest BCUT2D eigenvalue weighted by molar-refractivity contribution is -0.153. The van der Waals surface area contributed by atoms with Gasteiger partial charge in [0.2, 0.25) is 5.95 Å². The fraction of sp³-hybridized carbons (Fsp3) is 0.571. The molecular formula is C14H23ClN6O5. The number of nitrogens with one attached hydrogen (secondary N) is 1. The first kappa shape index (κ1) is 21.8. The smallest absolute Gasteiger partial charge is 0.323 e. The monoisotopic (exact) mass is 390 g/mol. The van der Waals surface area contributed by atoms with Crippen molar-refractivity contribution in [2.24, 2.45) is 11.7 Å². The maximum absolute atomic E-state index is 11.7. The van der Waals surface area contributed by atoms with Crippen molar-refractivity contribution in [2.75, 3.05) is 18.9 Å². The molecule has 11 nitrogen and oxygen atoms in total. The number of anilines is 1. The molecule has 12 heteroatoms. The van der Waals surface area contributed by atoms with Gasteiger partial charge >= 0.3 is 5.97 Å². The van der Waals surface area contributed by atoms with Gasteiger partial charge in [0.05, 0.1) is 12.9 Å². The molecule has 2 aromatic heterocycles. The van der Waals surface area contributed by atoms with Crippen LogP contribution in [0.1, 0.15) is 13.8 Å². The molecule has 146 valence electrons. The zero-order chi connectivity index (χ0) is 18.6. The third-order valence-corrected chi connectivity index (χ3v) is 3.55. The maximum Gasteiger partial charge on any atom is 0.323 e. The largest absolute Gasteiger partial charge is 0.462 e. The number of aliphatic hydroxyl groups is 1. The number of carbonyl (C=O) groups excluding carboxylic acids is 1. The second kappa shape index (κ2) is 9.48. The molecule has 0 saturated carbocycles. The second-order valence-corrected chi connectivity index (χ2v) is 5.84. The highest BCUT2D eigenvalue weighted by Gasteiger charge is 2.21. The normalized spacial score (nSPS) is 13.4. The van der Waals surface area contributed by atoms with Crippen molar-refractivity contribution in [3.8, 4) is 0 Å². The van der Waals surface area contributed by atoms with Crippen LogP contribution in [0.25, 0.3) is 11.2 Å². The van der Waals surface area contributed by atoms with E-state index in [1.807, 2.05) is 0 Å². The Morgan fingerprint density at radius 1 is 1.46 bits per heavy atom. The SMILES string of the molecule is CC(C)C(N)C(=O)OC[C@H](CO)OCn1cnc2c(=O)[nH]c(N)nc21.Cl. The molecule has 0 aliphatic carbocycles. The van der Waals surface area contributed by atoms with Crippen LogP contribution in [-0.4, -0.2) is 56.0 Å². The molecule has 1 unspecified atom stereocenters. The third kappa shape index (κ3) is 5.14. The van der Waals surface area contributed by atoms with Crippen LogP contribution in [0.2, 0.25) is 0 Å². The molecule has 0 saturated heterocycles. The summed E-state index contributed by atoms with van der Waals surface area (Å²) in [6.45, 7) is 3.02. The predicted octanol–water partition coefficient (Wildman–Crippen LogP) is -1.01. The Morgan fingerprint density at radius 2 is 2.15 bits per heavy atom. The number of esters is 1. The van der Waals surface area contributed by atoms with Gasteiger partial charge in [0.15, 0.2) is 11.2 Å². The molecular weight excluding hydrogens is 368 g/mol. The summed E-state index contributed by atoms with van der Waals surface area (Å²) in [5.41, 5.74) is 11.1. The minimum absolute atomic E-state index is 0. The molecule has 0 fully saturated rings. The molecule has 2 rings (SSSR count). The van der Waals surface area contributed by atoms with E-state index in [9.17, 15) is 14.7 Å². The zero-order valence-corrected chi connectivity index (χ0v) is 15.2. The van der Waals surface area contributed by atoms with Crippen molar-refractivity contribution in [2.45, 2.75) is 32.7 Å². The van der Waals surface area contributed by atoms with Crippen LogP contribution in [-0.2, 0) is 21.0 Å². The number of rotatable bonds is 8. The number of imidazole rings is 1. The number of H-pyrrole nitrogens is 1. The van der Waals surface area contributed by atoms with E-state index in [0.717, 1.165) is 0 Å². The minimum atomic E-state index is -0.764. The van der Waals surface area contributed by atoms with Crippen molar-refractivity contribution in [3.05, 3.63) is 16.7 Å². The Balaban J connectivity index is 0.00000338. The number of nitrogens with zero attached hydrogens (tertiary/aromatic N) is 3. The molecule has 6 N–H and O–H groups in total. The first-order chi connectivity index (χ1) is 11.8. The van der Waals surface area contributed by atoms with Crippen LogP contribution in [0, 0.1) is 5.92 Å². The van der Waals surface area contributed by atoms with Crippen molar-refractivity contribution < 1.29 is 19.4 Å². The van der Waals surface area contributed by atoms with Gasteiger partial charge in [-0.2, -0.15) is 4.98 Å². The van der Waals surface area contributed by atoms with Crippen LogP contribution in [0.5, 0.6) is 0 Å². The van der Waals surface area contributed by atoms with Gasteiger partial charge in [0, 0.05) is 0 Å². The number of hydrogen-bond donors (Lipinski definition) is 4. The summed E-state index contributed by atoms with van der Waals surface area (Å²) in [7, 11) is 0. The highest BCUT2D eigenvalue weighted by atomic mass is 35.5. The van der Waals surface area contributed by atoms with Gasteiger partial charge in [-0.3, -0.25) is 19.1 Å². The average Bonchev–Trinajstić information content (AvgIpc) is 2.97. The van der Waals surface area contributed by atoms with Crippen LogP contribution in [0.15, 0.2) is 11.1 Å². The van der Waals surface area contributed by atoms with Gasteiger partial charge in [0.25, 0.3) is 5.56 Å². The number of aromatic amines is 1. The molecule has 0 spiro atoms. The number of carbonyl (C=O) groups is 1. The number of aromatic nitrogens is 4. The summed E-state index contributed by atoms with van der Waals surface area (Å²) < 4.78 is 12.0. The van der Waals surface area contributed by atoms with Crippen LogP contribution in [0.4, 0.5) is 5.95 Å². The van der Waals surface area contributed by atoms with Gasteiger partial charge in [0.1, 0.15) is 25.5 Å². The lowest BCUT2D eigenvalue weighted by Gasteiger charge is -2.19. The zero-order valence-electron chi connectivity index (χ0n) is 14.4. The van der Waals surface area contributed by atoms with E-state index in [0.29, 0.717) is 0 Å². The summed E-state index contributed by atoms with van der Waals surface area (Å²) in [6.07, 6.45) is 0.599. The van der Waals surface area contributed by atoms with E-state index >= 15 is 0 Å². The van der Waals surface area contributed by atoms with Crippen LogP contribution in [0.3, 0.4) is 0 Å². The number of nitrogens with two attached hydrogens (primary N) is 2. The van der Waals surface area contributed by atoms with E-state index in [1.165, 1.54) is 10.9 Å². The van der Waals surface area contributed by atoms with Crippen molar-refractivity contribution >= 4 is 35.5 Å². The minimum Gasteiger partial charge on any atom is -0.462 e. The highest BCUT2D eigenvalue weighted by molar-refractivity contribution is 5.85. The molecule has 0 aromatic carbocycles. The van der Waals surface area contributed by atoms with Crippen molar-refractivity contribution in [3.63, 3.8) is 0 Å². The Labute approximate surface area is 155 Å². The molecule has 2 heterocycles. The summed E-state index contributed by atoms with van der Waals surface area (Å²) in [6, 6.07) is -0.740. The van der Waals surface area contributed by atoms with Crippen molar-refractivity contribution in [1.82, 2.24) is 19.5 Å².